The van der Waals surface area contributed by atoms with Crippen molar-refractivity contribution in [3.8, 4) is 11.8 Å². The molecule has 2 saturated carbocycles. The number of nitriles is 1. The van der Waals surface area contributed by atoms with E-state index in [1.165, 1.54) is 25.7 Å². The van der Waals surface area contributed by atoms with Crippen molar-refractivity contribution in [1.82, 2.24) is 4.98 Å². The first-order chi connectivity index (χ1) is 8.30. The van der Waals surface area contributed by atoms with Crippen LogP contribution in [-0.4, -0.2) is 11.1 Å². The molecule has 0 unspecified atom stereocenters. The highest BCUT2D eigenvalue weighted by Gasteiger charge is 2.45. The fourth-order valence-electron chi connectivity index (χ4n) is 2.74. The molecule has 2 aliphatic rings. The minimum atomic E-state index is 0.329. The average molecular weight is 228 g/mol. The van der Waals surface area contributed by atoms with Crippen molar-refractivity contribution in [2.45, 2.75) is 44.6 Å². The van der Waals surface area contributed by atoms with E-state index in [2.05, 4.69) is 4.98 Å². The summed E-state index contributed by atoms with van der Waals surface area (Å²) >= 11 is 0. The molecular formula is C14H16N2O. The second kappa shape index (κ2) is 4.03. The van der Waals surface area contributed by atoms with E-state index in [1.807, 2.05) is 12.1 Å². The maximum atomic E-state index is 8.78. The summed E-state index contributed by atoms with van der Waals surface area (Å²) in [6, 6.07) is 5.60. The summed E-state index contributed by atoms with van der Waals surface area (Å²) < 4.78 is 5.93. The van der Waals surface area contributed by atoms with Gasteiger partial charge in [0.05, 0.1) is 6.10 Å². The zero-order chi connectivity index (χ0) is 11.7. The number of hydrogen-bond donors (Lipinski definition) is 0. The van der Waals surface area contributed by atoms with Crippen molar-refractivity contribution < 1.29 is 4.74 Å². The van der Waals surface area contributed by atoms with Crippen LogP contribution in [-0.2, 0) is 0 Å². The molecule has 1 spiro atoms. The second-order valence-electron chi connectivity index (χ2n) is 5.31. The van der Waals surface area contributed by atoms with Gasteiger partial charge in [0.25, 0.3) is 0 Å². The third-order valence-electron chi connectivity index (χ3n) is 4.10. The Hall–Kier alpha value is -1.56. The number of pyridine rings is 1. The summed E-state index contributed by atoms with van der Waals surface area (Å²) in [5.74, 6) is 0.785. The van der Waals surface area contributed by atoms with E-state index in [0.29, 0.717) is 17.2 Å². The highest BCUT2D eigenvalue weighted by atomic mass is 16.5. The molecule has 1 aromatic heterocycles. The van der Waals surface area contributed by atoms with Crippen LogP contribution >= 0.6 is 0 Å². The van der Waals surface area contributed by atoms with Crippen LogP contribution < -0.4 is 4.74 Å². The molecule has 17 heavy (non-hydrogen) atoms. The van der Waals surface area contributed by atoms with Gasteiger partial charge in [-0.05, 0) is 50.0 Å². The lowest BCUT2D eigenvalue weighted by Gasteiger charge is -2.28. The van der Waals surface area contributed by atoms with Crippen molar-refractivity contribution in [3.63, 3.8) is 0 Å². The SMILES string of the molecule is N#Cc1cc(OC2CCC3(CC2)CC3)ccn1. The topological polar surface area (TPSA) is 45.9 Å². The van der Waals surface area contributed by atoms with Crippen LogP contribution in [0, 0.1) is 16.7 Å². The van der Waals surface area contributed by atoms with E-state index in [9.17, 15) is 0 Å². The molecule has 88 valence electrons. The molecule has 0 N–H and O–H groups in total. The number of hydrogen-bond acceptors (Lipinski definition) is 3. The lowest BCUT2D eigenvalue weighted by atomic mass is 9.85. The first-order valence-electron chi connectivity index (χ1n) is 6.33. The van der Waals surface area contributed by atoms with Gasteiger partial charge in [-0.1, -0.05) is 0 Å². The maximum absolute atomic E-state index is 8.78. The summed E-state index contributed by atoms with van der Waals surface area (Å²) in [5, 5.41) is 8.78. The Bertz CT molecular complexity index is 450. The number of aromatic nitrogens is 1. The molecule has 0 aromatic carbocycles. The van der Waals surface area contributed by atoms with Crippen LogP contribution in [0.25, 0.3) is 0 Å². The summed E-state index contributed by atoms with van der Waals surface area (Å²) in [4.78, 5) is 3.94. The quantitative estimate of drug-likeness (QED) is 0.781. The van der Waals surface area contributed by atoms with Gasteiger partial charge in [-0.15, -0.1) is 0 Å². The summed E-state index contributed by atoms with van der Waals surface area (Å²) in [6.45, 7) is 0. The highest BCUT2D eigenvalue weighted by Crippen LogP contribution is 2.56. The fraction of sp³-hybridized carbons (Fsp3) is 0.571. The van der Waals surface area contributed by atoms with E-state index in [1.54, 1.807) is 12.3 Å². The van der Waals surface area contributed by atoms with Crippen LogP contribution in [0.1, 0.15) is 44.2 Å². The van der Waals surface area contributed by atoms with Crippen LogP contribution in [0.3, 0.4) is 0 Å². The Balaban J connectivity index is 1.61. The summed E-state index contributed by atoms with van der Waals surface area (Å²) in [7, 11) is 0. The third kappa shape index (κ3) is 2.26. The van der Waals surface area contributed by atoms with Crippen LogP contribution in [0.4, 0.5) is 0 Å². The fourth-order valence-corrected chi connectivity index (χ4v) is 2.74. The molecule has 0 bridgehead atoms. The van der Waals surface area contributed by atoms with Crippen molar-refractivity contribution >= 4 is 0 Å². The molecular weight excluding hydrogens is 212 g/mol. The molecule has 0 amide bonds. The Morgan fingerprint density at radius 2 is 2.06 bits per heavy atom. The van der Waals surface area contributed by atoms with Crippen molar-refractivity contribution in [1.29, 1.82) is 5.26 Å². The van der Waals surface area contributed by atoms with E-state index < -0.39 is 0 Å². The summed E-state index contributed by atoms with van der Waals surface area (Å²) in [6.07, 6.45) is 9.76. The predicted molar refractivity (Wildman–Crippen MR) is 63.5 cm³/mol. The Kier molecular flexibility index (Phi) is 2.51. The molecule has 0 aliphatic heterocycles. The molecule has 1 aromatic rings. The molecule has 0 radical (unpaired) electrons. The van der Waals surface area contributed by atoms with Gasteiger partial charge < -0.3 is 4.74 Å². The van der Waals surface area contributed by atoms with Gasteiger partial charge in [-0.25, -0.2) is 4.98 Å². The highest BCUT2D eigenvalue weighted by molar-refractivity contribution is 5.29. The predicted octanol–water partition coefficient (Wildman–Crippen LogP) is 3.05. The second-order valence-corrected chi connectivity index (χ2v) is 5.31. The standard InChI is InChI=1S/C14H16N2O/c15-10-11-9-13(3-8-16-11)17-12-1-4-14(5-2-12)6-7-14/h3,8-9,12H,1-2,4-7H2. The number of rotatable bonds is 2. The largest absolute Gasteiger partial charge is 0.490 e. The van der Waals surface area contributed by atoms with E-state index >= 15 is 0 Å². The molecule has 3 nitrogen and oxygen atoms in total. The Morgan fingerprint density at radius 3 is 2.71 bits per heavy atom. The first kappa shape index (κ1) is 10.6. The lowest BCUT2D eigenvalue weighted by Crippen LogP contribution is -2.24. The third-order valence-corrected chi connectivity index (χ3v) is 4.10. The molecule has 3 rings (SSSR count). The maximum Gasteiger partial charge on any atom is 0.144 e. The van der Waals surface area contributed by atoms with Crippen molar-refractivity contribution in [2.75, 3.05) is 0 Å². The van der Waals surface area contributed by atoms with Gasteiger partial charge in [0, 0.05) is 12.3 Å². The molecule has 0 atom stereocenters. The first-order valence-corrected chi connectivity index (χ1v) is 6.33. The van der Waals surface area contributed by atoms with Crippen LogP contribution in [0.5, 0.6) is 5.75 Å². The van der Waals surface area contributed by atoms with Crippen molar-refractivity contribution in [2.24, 2.45) is 5.41 Å². The normalized spacial score (nSPS) is 22.1. The van der Waals surface area contributed by atoms with Gasteiger partial charge in [0.2, 0.25) is 0 Å². The molecule has 2 fully saturated rings. The number of ether oxygens (including phenoxy) is 1. The minimum absolute atomic E-state index is 0.329. The molecule has 0 saturated heterocycles. The zero-order valence-electron chi connectivity index (χ0n) is 9.85. The Labute approximate surface area is 101 Å². The van der Waals surface area contributed by atoms with Gasteiger partial charge in [-0.2, -0.15) is 5.26 Å². The number of nitrogens with zero attached hydrogens (tertiary/aromatic N) is 2. The molecule has 2 aliphatic carbocycles. The molecule has 1 heterocycles. The van der Waals surface area contributed by atoms with Gasteiger partial charge in [-0.3, -0.25) is 0 Å². The monoisotopic (exact) mass is 228 g/mol. The molecule has 3 heteroatoms. The smallest absolute Gasteiger partial charge is 0.144 e. The van der Waals surface area contributed by atoms with E-state index in [-0.39, 0.29) is 0 Å². The van der Waals surface area contributed by atoms with Crippen LogP contribution in [0.2, 0.25) is 0 Å². The van der Waals surface area contributed by atoms with Gasteiger partial charge >= 0.3 is 0 Å². The van der Waals surface area contributed by atoms with Gasteiger partial charge in [0.15, 0.2) is 0 Å². The Morgan fingerprint density at radius 1 is 1.29 bits per heavy atom. The van der Waals surface area contributed by atoms with E-state index in [4.69, 9.17) is 10.00 Å². The van der Waals surface area contributed by atoms with E-state index in [0.717, 1.165) is 18.6 Å². The lowest BCUT2D eigenvalue weighted by molar-refractivity contribution is 0.124. The minimum Gasteiger partial charge on any atom is -0.490 e. The van der Waals surface area contributed by atoms with Crippen molar-refractivity contribution in [3.05, 3.63) is 24.0 Å². The van der Waals surface area contributed by atoms with Gasteiger partial charge in [0.1, 0.15) is 17.5 Å². The summed E-state index contributed by atoms with van der Waals surface area (Å²) in [5.41, 5.74) is 1.13. The van der Waals surface area contributed by atoms with Crippen LogP contribution in [0.15, 0.2) is 18.3 Å². The zero-order valence-corrected chi connectivity index (χ0v) is 9.85. The average Bonchev–Trinajstić information content (AvgIpc) is 3.13.